The van der Waals surface area contributed by atoms with Crippen molar-refractivity contribution in [3.05, 3.63) is 99.4 Å². The number of fused-ring (bicyclic) bond motifs is 1. The number of ether oxygens (including phenoxy) is 2. The van der Waals surface area contributed by atoms with Crippen LogP contribution in [0, 0.1) is 13.8 Å². The molecule has 0 bridgehead atoms. The van der Waals surface area contributed by atoms with Crippen LogP contribution in [0.3, 0.4) is 0 Å². The highest BCUT2D eigenvalue weighted by Crippen LogP contribution is 2.39. The molecule has 0 unspecified atom stereocenters. The van der Waals surface area contributed by atoms with Gasteiger partial charge in [-0.2, -0.15) is 13.2 Å². The van der Waals surface area contributed by atoms with Crippen molar-refractivity contribution < 1.29 is 31.9 Å². The molecule has 0 aliphatic heterocycles. The van der Waals surface area contributed by atoms with E-state index in [2.05, 4.69) is 5.32 Å². The Bertz CT molecular complexity index is 1460. The van der Waals surface area contributed by atoms with E-state index in [1.165, 1.54) is 12.1 Å². The lowest BCUT2D eigenvalue weighted by molar-refractivity contribution is -0.154. The van der Waals surface area contributed by atoms with Crippen LogP contribution in [0.4, 0.5) is 13.2 Å². The Morgan fingerprint density at radius 2 is 1.75 bits per heavy atom. The average Bonchev–Trinajstić information content (AvgIpc) is 2.85. The van der Waals surface area contributed by atoms with Crippen LogP contribution in [0.5, 0.6) is 17.2 Å². The minimum Gasteiger partial charge on any atom is -0.484 e. The van der Waals surface area contributed by atoms with Crippen molar-refractivity contribution in [2.45, 2.75) is 26.6 Å². The van der Waals surface area contributed by atoms with Gasteiger partial charge in [-0.15, -0.1) is 0 Å². The summed E-state index contributed by atoms with van der Waals surface area (Å²) in [5.41, 5.74) is 0.891. The van der Waals surface area contributed by atoms with Crippen molar-refractivity contribution in [2.75, 3.05) is 6.61 Å². The fourth-order valence-corrected chi connectivity index (χ4v) is 3.45. The number of benzene rings is 3. The van der Waals surface area contributed by atoms with Crippen molar-refractivity contribution in [3.8, 4) is 17.2 Å². The third kappa shape index (κ3) is 5.68. The molecule has 1 N–H and O–H groups in total. The number of halogens is 3. The van der Waals surface area contributed by atoms with E-state index >= 15 is 0 Å². The van der Waals surface area contributed by atoms with Gasteiger partial charge in [0, 0.05) is 12.6 Å². The van der Waals surface area contributed by atoms with Gasteiger partial charge in [-0.1, -0.05) is 42.5 Å². The van der Waals surface area contributed by atoms with Crippen molar-refractivity contribution in [3.63, 3.8) is 0 Å². The Morgan fingerprint density at radius 1 is 1.00 bits per heavy atom. The summed E-state index contributed by atoms with van der Waals surface area (Å²) in [4.78, 5) is 25.1. The minimum atomic E-state index is -4.99. The molecule has 1 heterocycles. The molecule has 0 radical (unpaired) electrons. The second-order valence-electron chi connectivity index (χ2n) is 8.17. The molecular formula is C27H22F3NO5. The predicted octanol–water partition coefficient (Wildman–Crippen LogP) is 5.92. The molecule has 6 nitrogen and oxygen atoms in total. The molecule has 0 saturated heterocycles. The molecule has 4 rings (SSSR count). The molecule has 186 valence electrons. The van der Waals surface area contributed by atoms with E-state index in [0.717, 1.165) is 17.2 Å². The van der Waals surface area contributed by atoms with Crippen LogP contribution in [-0.2, 0) is 17.5 Å². The number of alkyl halides is 3. The molecule has 1 aromatic heterocycles. The van der Waals surface area contributed by atoms with Crippen LogP contribution in [0.25, 0.3) is 11.0 Å². The molecule has 0 atom stereocenters. The van der Waals surface area contributed by atoms with Crippen LogP contribution >= 0.6 is 0 Å². The first-order chi connectivity index (χ1) is 17.1. The summed E-state index contributed by atoms with van der Waals surface area (Å²) in [6.45, 7) is 3.34. The fourth-order valence-electron chi connectivity index (χ4n) is 3.45. The molecule has 0 aliphatic rings. The molecular weight excluding hydrogens is 475 g/mol. The number of nitrogens with one attached hydrogen (secondary N) is 1. The Hall–Kier alpha value is -4.27. The fraction of sp³-hybridized carbons (Fsp3) is 0.185. The van der Waals surface area contributed by atoms with E-state index in [4.69, 9.17) is 13.9 Å². The van der Waals surface area contributed by atoms with Gasteiger partial charge in [-0.3, -0.25) is 9.59 Å². The van der Waals surface area contributed by atoms with E-state index in [9.17, 15) is 22.8 Å². The summed E-state index contributed by atoms with van der Waals surface area (Å²) in [7, 11) is 0. The molecule has 36 heavy (non-hydrogen) atoms. The van der Waals surface area contributed by atoms with Gasteiger partial charge >= 0.3 is 6.18 Å². The predicted molar refractivity (Wildman–Crippen MR) is 127 cm³/mol. The quantitative estimate of drug-likeness (QED) is 0.343. The molecule has 3 aromatic carbocycles. The first kappa shape index (κ1) is 24.8. The molecule has 0 aliphatic carbocycles. The zero-order chi connectivity index (χ0) is 25.9. The van der Waals surface area contributed by atoms with Crippen LogP contribution in [-0.4, -0.2) is 12.5 Å². The normalized spacial score (nSPS) is 11.4. The minimum absolute atomic E-state index is 0.0665. The Labute approximate surface area is 204 Å². The first-order valence-electron chi connectivity index (χ1n) is 11.0. The molecule has 4 aromatic rings. The summed E-state index contributed by atoms with van der Waals surface area (Å²) in [6.07, 6.45) is -4.99. The maximum absolute atomic E-state index is 13.8. The third-order valence-corrected chi connectivity index (χ3v) is 5.34. The third-order valence-electron chi connectivity index (χ3n) is 5.34. The topological polar surface area (TPSA) is 77.8 Å². The number of hydrogen-bond acceptors (Lipinski definition) is 5. The summed E-state index contributed by atoms with van der Waals surface area (Å²) in [5, 5.41) is 2.56. The smallest absolute Gasteiger partial charge is 0.453 e. The van der Waals surface area contributed by atoms with Crippen LogP contribution in [0.15, 0.2) is 75.9 Å². The van der Waals surface area contributed by atoms with E-state index < -0.39 is 29.0 Å². The van der Waals surface area contributed by atoms with Gasteiger partial charge in [0.05, 0.1) is 5.39 Å². The number of carbonyl (C=O) groups is 1. The van der Waals surface area contributed by atoms with Gasteiger partial charge in [-0.05, 0) is 48.7 Å². The van der Waals surface area contributed by atoms with E-state index in [0.29, 0.717) is 12.1 Å². The first-order valence-corrected chi connectivity index (χ1v) is 11.0. The zero-order valence-electron chi connectivity index (χ0n) is 19.4. The average molecular weight is 497 g/mol. The lowest BCUT2D eigenvalue weighted by atomic mass is 10.1. The number of hydrogen-bond donors (Lipinski definition) is 1. The van der Waals surface area contributed by atoms with Crippen LogP contribution in [0.1, 0.15) is 22.5 Å². The summed E-state index contributed by atoms with van der Waals surface area (Å²) < 4.78 is 57.4. The van der Waals surface area contributed by atoms with Gasteiger partial charge in [0.2, 0.25) is 11.2 Å². The molecule has 0 spiro atoms. The van der Waals surface area contributed by atoms with Crippen LogP contribution < -0.4 is 20.2 Å². The summed E-state index contributed by atoms with van der Waals surface area (Å²) in [6, 6.07) is 18.0. The number of carbonyl (C=O) groups excluding carboxylic acids is 1. The van der Waals surface area contributed by atoms with Gasteiger partial charge in [0.25, 0.3) is 11.7 Å². The Kier molecular flexibility index (Phi) is 7.00. The van der Waals surface area contributed by atoms with Crippen molar-refractivity contribution >= 4 is 16.9 Å². The largest absolute Gasteiger partial charge is 0.484 e. The number of rotatable bonds is 7. The highest BCUT2D eigenvalue weighted by atomic mass is 19.4. The Balaban J connectivity index is 1.58. The molecule has 0 saturated carbocycles. The highest BCUT2D eigenvalue weighted by Gasteiger charge is 2.40. The Morgan fingerprint density at radius 3 is 2.47 bits per heavy atom. The van der Waals surface area contributed by atoms with Crippen molar-refractivity contribution in [2.24, 2.45) is 0 Å². The SMILES string of the molecule is Cc1ccc(C)c(Oc2c(C(F)(F)F)oc3cc(OCC(=O)NCc4ccccc4)ccc3c2=O)c1. The molecule has 1 amide bonds. The van der Waals surface area contributed by atoms with E-state index in [1.54, 1.807) is 32.0 Å². The second-order valence-corrected chi connectivity index (χ2v) is 8.17. The standard InChI is InChI=1S/C27H22F3NO5/c1-16-8-9-17(2)21(12-16)35-25-24(33)20-11-10-19(13-22(20)36-26(25)27(28,29)30)34-15-23(32)31-14-18-6-4-3-5-7-18/h3-13H,14-15H2,1-2H3,(H,31,32). The van der Waals surface area contributed by atoms with Crippen molar-refractivity contribution in [1.29, 1.82) is 0 Å². The van der Waals surface area contributed by atoms with E-state index in [-0.39, 0.29) is 29.1 Å². The van der Waals surface area contributed by atoms with Gasteiger partial charge < -0.3 is 19.2 Å². The number of amides is 1. The lowest BCUT2D eigenvalue weighted by Gasteiger charge is -2.15. The second kappa shape index (κ2) is 10.2. The van der Waals surface area contributed by atoms with Crippen molar-refractivity contribution in [1.82, 2.24) is 5.32 Å². The maximum atomic E-state index is 13.8. The lowest BCUT2D eigenvalue weighted by Crippen LogP contribution is -2.28. The summed E-state index contributed by atoms with van der Waals surface area (Å²) in [5.74, 6) is -2.74. The number of aryl methyl sites for hydroxylation is 2. The molecule has 9 heteroatoms. The van der Waals surface area contributed by atoms with Gasteiger partial charge in [-0.25, -0.2) is 0 Å². The highest BCUT2D eigenvalue weighted by molar-refractivity contribution is 5.80. The monoisotopic (exact) mass is 497 g/mol. The zero-order valence-corrected chi connectivity index (χ0v) is 19.4. The summed E-state index contributed by atoms with van der Waals surface area (Å²) >= 11 is 0. The maximum Gasteiger partial charge on any atom is 0.453 e. The van der Waals surface area contributed by atoms with Crippen LogP contribution in [0.2, 0.25) is 0 Å². The van der Waals surface area contributed by atoms with E-state index in [1.807, 2.05) is 30.3 Å². The molecule has 0 fully saturated rings. The van der Waals surface area contributed by atoms with Gasteiger partial charge in [0.15, 0.2) is 6.61 Å². The van der Waals surface area contributed by atoms with Gasteiger partial charge in [0.1, 0.15) is 17.1 Å².